The van der Waals surface area contributed by atoms with Crippen LogP contribution in [0.25, 0.3) is 0 Å². The molecule has 0 aliphatic heterocycles. The van der Waals surface area contributed by atoms with Gasteiger partial charge in [-0.15, -0.1) is 0 Å². The van der Waals surface area contributed by atoms with Gasteiger partial charge in [0.1, 0.15) is 11.8 Å². The first kappa shape index (κ1) is 12.3. The molecule has 2 aromatic rings. The van der Waals surface area contributed by atoms with Crippen molar-refractivity contribution in [2.75, 3.05) is 5.73 Å². The molecule has 2 aromatic heterocycles. The molecule has 0 unspecified atom stereocenters. The third-order valence-corrected chi connectivity index (χ3v) is 2.98. The van der Waals surface area contributed by atoms with Crippen LogP contribution in [0.3, 0.4) is 0 Å². The molecule has 0 aromatic carbocycles. The Kier molecular flexibility index (Phi) is 3.44. The van der Waals surface area contributed by atoms with Gasteiger partial charge in [-0.3, -0.25) is 4.79 Å². The Morgan fingerprint density at radius 1 is 1.50 bits per heavy atom. The topological polar surface area (TPSA) is 84.7 Å². The van der Waals surface area contributed by atoms with Gasteiger partial charge in [0.15, 0.2) is 0 Å². The van der Waals surface area contributed by atoms with Crippen LogP contribution in [0.15, 0.2) is 40.0 Å². The van der Waals surface area contributed by atoms with E-state index < -0.39 is 0 Å². The van der Waals surface area contributed by atoms with Gasteiger partial charge < -0.3 is 10.3 Å². The number of nitrogens with zero attached hydrogens (tertiary/aromatic N) is 3. The average molecular weight is 305 g/mol. The molecular weight excluding hydrogens is 296 g/mol. The molecule has 2 N–H and O–H groups in total. The summed E-state index contributed by atoms with van der Waals surface area (Å²) in [5, 5.41) is 8.94. The highest BCUT2D eigenvalue weighted by molar-refractivity contribution is 9.10. The molecule has 2 rings (SSSR count). The number of nitrogen functional groups attached to an aromatic ring is 1. The molecule has 0 bridgehead atoms. The van der Waals surface area contributed by atoms with Crippen molar-refractivity contribution >= 4 is 21.6 Å². The zero-order valence-electron chi connectivity index (χ0n) is 9.30. The average Bonchev–Trinajstić information content (AvgIpc) is 2.36. The Balaban J connectivity index is 2.41. The van der Waals surface area contributed by atoms with Gasteiger partial charge in [-0.1, -0.05) is 6.07 Å². The smallest absolute Gasteiger partial charge is 0.218 e. The lowest BCUT2D eigenvalue weighted by Gasteiger charge is -2.09. The fourth-order valence-corrected chi connectivity index (χ4v) is 2.06. The number of nitrogens with two attached hydrogens (primary N) is 1. The minimum atomic E-state index is -0.238. The van der Waals surface area contributed by atoms with Gasteiger partial charge in [0.25, 0.3) is 0 Å². The standard InChI is InChI=1S/C12H9BrN4O/c13-9-6-17(7-10(15)12(9)18)5-8-2-1-3-16-11(8)4-14/h1-3,6-7H,5,15H2. The van der Waals surface area contributed by atoms with E-state index >= 15 is 0 Å². The van der Waals surface area contributed by atoms with E-state index in [-0.39, 0.29) is 11.1 Å². The lowest BCUT2D eigenvalue weighted by molar-refractivity contribution is 0.781. The fourth-order valence-electron chi connectivity index (χ4n) is 1.57. The molecule has 0 aliphatic rings. The highest BCUT2D eigenvalue weighted by Crippen LogP contribution is 2.11. The Morgan fingerprint density at radius 3 is 2.94 bits per heavy atom. The van der Waals surface area contributed by atoms with Crippen molar-refractivity contribution in [2.24, 2.45) is 0 Å². The van der Waals surface area contributed by atoms with E-state index in [1.54, 1.807) is 29.2 Å². The molecule has 0 radical (unpaired) electrons. The number of hydrogen-bond acceptors (Lipinski definition) is 4. The molecule has 18 heavy (non-hydrogen) atoms. The number of pyridine rings is 2. The van der Waals surface area contributed by atoms with Crippen LogP contribution in [0.1, 0.15) is 11.3 Å². The monoisotopic (exact) mass is 304 g/mol. The normalized spacial score (nSPS) is 10.0. The first-order chi connectivity index (χ1) is 8.61. The minimum Gasteiger partial charge on any atom is -0.394 e. The summed E-state index contributed by atoms with van der Waals surface area (Å²) in [6, 6.07) is 5.60. The summed E-state index contributed by atoms with van der Waals surface area (Å²) >= 11 is 3.15. The second-order valence-corrected chi connectivity index (χ2v) is 4.54. The van der Waals surface area contributed by atoms with Crippen LogP contribution < -0.4 is 11.2 Å². The molecule has 0 saturated carbocycles. The van der Waals surface area contributed by atoms with Crippen molar-refractivity contribution in [3.05, 3.63) is 56.7 Å². The molecule has 0 aliphatic carbocycles. The Hall–Kier alpha value is -2.13. The predicted octanol–water partition coefficient (Wildman–Crippen LogP) is 1.51. The number of nitriles is 1. The van der Waals surface area contributed by atoms with Crippen molar-refractivity contribution in [1.82, 2.24) is 9.55 Å². The van der Waals surface area contributed by atoms with Crippen LogP contribution >= 0.6 is 15.9 Å². The summed E-state index contributed by atoms with van der Waals surface area (Å²) < 4.78 is 2.13. The molecule has 0 fully saturated rings. The van der Waals surface area contributed by atoms with Gasteiger partial charge in [0.2, 0.25) is 5.43 Å². The zero-order valence-corrected chi connectivity index (χ0v) is 10.9. The number of hydrogen-bond donors (Lipinski definition) is 1. The Morgan fingerprint density at radius 2 is 2.28 bits per heavy atom. The van der Waals surface area contributed by atoms with E-state index in [1.165, 1.54) is 0 Å². The van der Waals surface area contributed by atoms with Gasteiger partial charge in [-0.25, -0.2) is 4.98 Å². The molecule has 0 saturated heterocycles. The minimum absolute atomic E-state index is 0.159. The summed E-state index contributed by atoms with van der Waals surface area (Å²) in [5.74, 6) is 0. The van der Waals surface area contributed by atoms with Gasteiger partial charge in [-0.2, -0.15) is 5.26 Å². The van der Waals surface area contributed by atoms with Crippen molar-refractivity contribution in [3.8, 4) is 6.07 Å². The van der Waals surface area contributed by atoms with E-state index in [9.17, 15) is 4.79 Å². The molecule has 0 amide bonds. The summed E-state index contributed by atoms with van der Waals surface area (Å²) in [4.78, 5) is 15.4. The highest BCUT2D eigenvalue weighted by atomic mass is 79.9. The van der Waals surface area contributed by atoms with Gasteiger partial charge in [-0.05, 0) is 22.0 Å². The lowest BCUT2D eigenvalue weighted by atomic mass is 10.2. The summed E-state index contributed by atoms with van der Waals surface area (Å²) in [6.07, 6.45) is 4.74. The van der Waals surface area contributed by atoms with Gasteiger partial charge in [0.05, 0.1) is 10.2 Å². The van der Waals surface area contributed by atoms with Crippen LogP contribution in [0, 0.1) is 11.3 Å². The van der Waals surface area contributed by atoms with Crippen LogP contribution in [-0.2, 0) is 6.54 Å². The lowest BCUT2D eigenvalue weighted by Crippen LogP contribution is -2.14. The molecule has 2 heterocycles. The zero-order chi connectivity index (χ0) is 13.1. The van der Waals surface area contributed by atoms with Crippen LogP contribution in [0.2, 0.25) is 0 Å². The van der Waals surface area contributed by atoms with Gasteiger partial charge >= 0.3 is 0 Å². The maximum Gasteiger partial charge on any atom is 0.218 e. The summed E-state index contributed by atoms with van der Waals surface area (Å²) in [7, 11) is 0. The molecule has 5 nitrogen and oxygen atoms in total. The summed E-state index contributed by atoms with van der Waals surface area (Å²) in [6.45, 7) is 0.430. The number of aromatic nitrogens is 2. The van der Waals surface area contributed by atoms with Crippen LogP contribution in [0.4, 0.5) is 5.69 Å². The second kappa shape index (κ2) is 5.02. The molecule has 0 spiro atoms. The Labute approximate surface area is 112 Å². The number of rotatable bonds is 2. The summed E-state index contributed by atoms with van der Waals surface area (Å²) in [5.41, 5.74) is 6.66. The van der Waals surface area contributed by atoms with Crippen LogP contribution in [0.5, 0.6) is 0 Å². The van der Waals surface area contributed by atoms with E-state index in [1.807, 2.05) is 12.1 Å². The highest BCUT2D eigenvalue weighted by Gasteiger charge is 2.06. The quantitative estimate of drug-likeness (QED) is 0.911. The fraction of sp³-hybridized carbons (Fsp3) is 0.0833. The van der Waals surface area contributed by atoms with E-state index in [0.717, 1.165) is 5.56 Å². The first-order valence-corrected chi connectivity index (χ1v) is 5.90. The van der Waals surface area contributed by atoms with E-state index in [2.05, 4.69) is 20.9 Å². The van der Waals surface area contributed by atoms with Crippen molar-refractivity contribution in [1.29, 1.82) is 5.26 Å². The predicted molar refractivity (Wildman–Crippen MR) is 70.9 cm³/mol. The van der Waals surface area contributed by atoms with Crippen molar-refractivity contribution < 1.29 is 0 Å². The Bertz CT molecular complexity index is 661. The number of halogens is 1. The molecule has 6 heteroatoms. The largest absolute Gasteiger partial charge is 0.394 e. The van der Waals surface area contributed by atoms with Gasteiger partial charge in [0, 0.05) is 30.7 Å². The van der Waals surface area contributed by atoms with E-state index in [4.69, 9.17) is 11.0 Å². The third-order valence-electron chi connectivity index (χ3n) is 2.41. The second-order valence-electron chi connectivity index (χ2n) is 3.69. The van der Waals surface area contributed by atoms with Crippen LogP contribution in [-0.4, -0.2) is 9.55 Å². The molecule has 90 valence electrons. The van der Waals surface area contributed by atoms with Crippen molar-refractivity contribution in [2.45, 2.75) is 6.54 Å². The van der Waals surface area contributed by atoms with Crippen molar-refractivity contribution in [3.63, 3.8) is 0 Å². The molecule has 0 atom stereocenters. The number of anilines is 1. The SMILES string of the molecule is N#Cc1ncccc1Cn1cc(N)c(=O)c(Br)c1. The third kappa shape index (κ3) is 2.41. The first-order valence-electron chi connectivity index (χ1n) is 5.11. The maximum absolute atomic E-state index is 11.4. The maximum atomic E-state index is 11.4. The molecular formula is C12H9BrN4O. The van der Waals surface area contributed by atoms with E-state index in [0.29, 0.717) is 16.7 Å².